The summed E-state index contributed by atoms with van der Waals surface area (Å²) in [6.07, 6.45) is 0. The van der Waals surface area contributed by atoms with Crippen LogP contribution < -0.4 is 0 Å². The Morgan fingerprint density at radius 2 is 1.38 bits per heavy atom. The van der Waals surface area contributed by atoms with E-state index in [4.69, 9.17) is 9.05 Å². The molecule has 0 bridgehead atoms. The van der Waals surface area contributed by atoms with Crippen LogP contribution in [-0.4, -0.2) is 27.4 Å². The number of hydrogen-bond acceptors (Lipinski definition) is 6. The van der Waals surface area contributed by atoms with Gasteiger partial charge in [0.15, 0.2) is 0 Å². The van der Waals surface area contributed by atoms with Gasteiger partial charge >= 0.3 is 15.2 Å². The zero-order valence-electron chi connectivity index (χ0n) is 9.97. The molecule has 0 fully saturated rings. The van der Waals surface area contributed by atoms with Crippen molar-refractivity contribution in [1.29, 1.82) is 0 Å². The molecule has 8 heteroatoms. The van der Waals surface area contributed by atoms with Gasteiger partial charge in [-0.25, -0.2) is 0 Å². The van der Waals surface area contributed by atoms with E-state index in [-0.39, 0.29) is 18.3 Å². The van der Waals surface area contributed by atoms with Crippen LogP contribution in [-0.2, 0) is 27.2 Å². The highest BCUT2D eigenvalue weighted by Crippen LogP contribution is 2.72. The molecule has 0 aliphatic rings. The molecule has 0 saturated carbocycles. The van der Waals surface area contributed by atoms with Gasteiger partial charge in [0.25, 0.3) is 0 Å². The molecule has 0 radical (unpaired) electrons. The van der Waals surface area contributed by atoms with Crippen LogP contribution in [0.2, 0.25) is 0 Å². The monoisotopic (exact) mass is 272 g/mol. The molecule has 0 heterocycles. The molecule has 0 unspecified atom stereocenters. The lowest BCUT2D eigenvalue weighted by Gasteiger charge is -2.23. The molecule has 0 saturated heterocycles. The van der Waals surface area contributed by atoms with Gasteiger partial charge in [0.05, 0.1) is 13.2 Å². The van der Waals surface area contributed by atoms with Gasteiger partial charge in [0.2, 0.25) is 0 Å². The summed E-state index contributed by atoms with van der Waals surface area (Å²) in [5.41, 5.74) is 0. The van der Waals surface area contributed by atoms with Crippen molar-refractivity contribution >= 4 is 15.2 Å². The van der Waals surface area contributed by atoms with E-state index in [0.29, 0.717) is 0 Å². The third kappa shape index (κ3) is 3.52. The van der Waals surface area contributed by atoms with E-state index >= 15 is 0 Å². The van der Waals surface area contributed by atoms with Crippen molar-refractivity contribution in [3.05, 3.63) is 11.6 Å². The van der Waals surface area contributed by atoms with Crippen LogP contribution in [0.1, 0.15) is 13.8 Å². The topological polar surface area (TPSA) is 71.1 Å². The summed E-state index contributed by atoms with van der Waals surface area (Å²) in [7, 11) is -4.98. The van der Waals surface area contributed by atoms with Crippen molar-refractivity contribution in [3.8, 4) is 0 Å². The van der Waals surface area contributed by atoms with Crippen molar-refractivity contribution in [1.82, 2.24) is 0 Å². The van der Waals surface area contributed by atoms with Gasteiger partial charge in [-0.05, 0) is 13.8 Å². The van der Waals surface area contributed by atoms with E-state index in [1.165, 1.54) is 14.2 Å². The standard InChI is InChI=1S/C8H18O6P2/c1-6-13-16(10,14-7-2)8(3)15(9,11-4)12-5/h3,6-7H2,1-2,4-5H3. The second kappa shape index (κ2) is 6.70. The van der Waals surface area contributed by atoms with Gasteiger partial charge in [0.1, 0.15) is 5.06 Å². The third-order valence-electron chi connectivity index (χ3n) is 1.71. The molecule has 6 nitrogen and oxygen atoms in total. The Morgan fingerprint density at radius 1 is 1.00 bits per heavy atom. The minimum atomic E-state index is -3.67. The van der Waals surface area contributed by atoms with Crippen LogP contribution in [0.5, 0.6) is 0 Å². The molecule has 0 aliphatic carbocycles. The average Bonchev–Trinajstić information content (AvgIpc) is 2.27. The van der Waals surface area contributed by atoms with Crippen molar-refractivity contribution in [2.75, 3.05) is 27.4 Å². The van der Waals surface area contributed by atoms with E-state index in [9.17, 15) is 9.13 Å². The van der Waals surface area contributed by atoms with Crippen molar-refractivity contribution < 1.29 is 27.2 Å². The third-order valence-corrected chi connectivity index (χ3v) is 6.60. The first-order valence-electron chi connectivity index (χ1n) is 4.70. The maximum absolute atomic E-state index is 12.2. The van der Waals surface area contributed by atoms with Crippen LogP contribution in [0.25, 0.3) is 0 Å². The largest absolute Gasteiger partial charge is 0.368 e. The molecule has 96 valence electrons. The van der Waals surface area contributed by atoms with Gasteiger partial charge in [0, 0.05) is 14.2 Å². The number of rotatable bonds is 8. The SMILES string of the molecule is C=C(P(=O)(OC)OC)P(=O)(OCC)OCC. The van der Waals surface area contributed by atoms with E-state index < -0.39 is 15.2 Å². The second-order valence-electron chi connectivity index (χ2n) is 2.61. The fourth-order valence-corrected chi connectivity index (χ4v) is 4.62. The molecule has 0 spiro atoms. The highest BCUT2D eigenvalue weighted by molar-refractivity contribution is 7.78. The van der Waals surface area contributed by atoms with Gasteiger partial charge < -0.3 is 18.1 Å². The quantitative estimate of drug-likeness (QED) is 0.632. The van der Waals surface area contributed by atoms with Gasteiger partial charge in [-0.2, -0.15) is 0 Å². The Hall–Kier alpha value is 0.0400. The van der Waals surface area contributed by atoms with Crippen LogP contribution in [0.4, 0.5) is 0 Å². The predicted molar refractivity (Wildman–Crippen MR) is 61.6 cm³/mol. The lowest BCUT2D eigenvalue weighted by Crippen LogP contribution is -2.01. The molecule has 0 aromatic heterocycles. The lowest BCUT2D eigenvalue weighted by atomic mass is 10.9. The molecule has 16 heavy (non-hydrogen) atoms. The second-order valence-corrected chi connectivity index (χ2v) is 7.28. The van der Waals surface area contributed by atoms with Crippen molar-refractivity contribution in [2.45, 2.75) is 13.8 Å². The minimum absolute atomic E-state index is 0.143. The summed E-state index contributed by atoms with van der Waals surface area (Å²) >= 11 is 0. The smallest absolute Gasteiger partial charge is 0.308 e. The highest BCUT2D eigenvalue weighted by Gasteiger charge is 2.42. The summed E-state index contributed by atoms with van der Waals surface area (Å²) < 4.78 is 43.5. The predicted octanol–water partition coefficient (Wildman–Crippen LogP) is 3.21. The first-order chi connectivity index (χ1) is 7.40. The van der Waals surface area contributed by atoms with Crippen LogP contribution >= 0.6 is 15.2 Å². The fraction of sp³-hybridized carbons (Fsp3) is 0.750. The maximum Gasteiger partial charge on any atom is 0.368 e. The van der Waals surface area contributed by atoms with E-state index in [1.54, 1.807) is 13.8 Å². The van der Waals surface area contributed by atoms with Gasteiger partial charge in [-0.1, -0.05) is 6.58 Å². The van der Waals surface area contributed by atoms with Crippen molar-refractivity contribution in [2.24, 2.45) is 0 Å². The van der Waals surface area contributed by atoms with Gasteiger partial charge in [-0.15, -0.1) is 0 Å². The van der Waals surface area contributed by atoms with Crippen LogP contribution in [0.15, 0.2) is 11.6 Å². The normalized spacial score (nSPS) is 12.8. The van der Waals surface area contributed by atoms with E-state index in [2.05, 4.69) is 15.6 Å². The Morgan fingerprint density at radius 3 is 1.62 bits per heavy atom. The average molecular weight is 272 g/mol. The zero-order valence-corrected chi connectivity index (χ0v) is 11.8. The molecule has 0 atom stereocenters. The molecule has 0 rings (SSSR count). The maximum atomic E-state index is 12.2. The Kier molecular flexibility index (Phi) is 6.71. The molecule has 0 N–H and O–H groups in total. The minimum Gasteiger partial charge on any atom is -0.308 e. The summed E-state index contributed by atoms with van der Waals surface area (Å²) in [6.45, 7) is 7.02. The highest BCUT2D eigenvalue weighted by atomic mass is 31.2. The van der Waals surface area contributed by atoms with Gasteiger partial charge in [-0.3, -0.25) is 9.13 Å². The van der Waals surface area contributed by atoms with Crippen LogP contribution in [0, 0.1) is 0 Å². The molecule has 0 aromatic carbocycles. The first kappa shape index (κ1) is 16.0. The molecular formula is C8H18O6P2. The fourth-order valence-electron chi connectivity index (χ4n) is 0.961. The number of hydrogen-bond donors (Lipinski definition) is 0. The first-order valence-corrected chi connectivity index (χ1v) is 7.79. The summed E-state index contributed by atoms with van der Waals surface area (Å²) in [5, 5.41) is -0.284. The van der Waals surface area contributed by atoms with Crippen LogP contribution in [0.3, 0.4) is 0 Å². The Labute approximate surface area is 96.0 Å². The molecular weight excluding hydrogens is 254 g/mol. The Bertz CT molecular complexity index is 308. The molecule has 0 aromatic rings. The summed E-state index contributed by atoms with van der Waals surface area (Å²) in [6, 6.07) is 0. The molecule has 0 aliphatic heterocycles. The van der Waals surface area contributed by atoms with E-state index in [0.717, 1.165) is 0 Å². The van der Waals surface area contributed by atoms with Crippen molar-refractivity contribution in [3.63, 3.8) is 0 Å². The summed E-state index contributed by atoms with van der Waals surface area (Å²) in [5.74, 6) is 0. The Balaban J connectivity index is 5.16. The lowest BCUT2D eigenvalue weighted by molar-refractivity contribution is 0.224. The molecule has 0 amide bonds. The van der Waals surface area contributed by atoms with E-state index in [1.807, 2.05) is 0 Å². The zero-order chi connectivity index (χ0) is 12.8. The summed E-state index contributed by atoms with van der Waals surface area (Å²) in [4.78, 5) is 0.